The summed E-state index contributed by atoms with van der Waals surface area (Å²) in [4.78, 5) is 10.1. The van der Waals surface area contributed by atoms with E-state index in [0.717, 1.165) is 67.2 Å². The Labute approximate surface area is 249 Å². The molecule has 0 aromatic carbocycles. The number of rotatable bonds is 14. The minimum absolute atomic E-state index is 0.429. The predicted octanol–water partition coefficient (Wildman–Crippen LogP) is 6.37. The average molecular weight is 563 g/mol. The van der Waals surface area contributed by atoms with Crippen LogP contribution in [0.5, 0.6) is 0 Å². The molecule has 0 unspecified atom stereocenters. The first kappa shape index (κ1) is 33.0. The number of likely N-dealkylation sites (tertiary alicyclic amines) is 1. The van der Waals surface area contributed by atoms with Gasteiger partial charge in [-0.1, -0.05) is 37.8 Å². The summed E-state index contributed by atoms with van der Waals surface area (Å²) in [5.41, 5.74) is 8.18. The monoisotopic (exact) mass is 562 g/mol. The molecule has 1 saturated heterocycles. The molecule has 0 aromatic rings. The number of allylic oxidation sites excluding steroid dienone is 5. The fourth-order valence-electron chi connectivity index (χ4n) is 5.52. The van der Waals surface area contributed by atoms with Crippen molar-refractivity contribution in [2.24, 2.45) is 4.99 Å². The minimum atomic E-state index is 0.429. The van der Waals surface area contributed by atoms with Crippen molar-refractivity contribution in [2.75, 3.05) is 60.1 Å². The highest BCUT2D eigenvalue weighted by atomic mass is 16.5. The van der Waals surface area contributed by atoms with Crippen LogP contribution in [0.25, 0.3) is 0 Å². The van der Waals surface area contributed by atoms with Gasteiger partial charge in [0, 0.05) is 56.0 Å². The Bertz CT molecular complexity index is 1060. The van der Waals surface area contributed by atoms with Crippen molar-refractivity contribution in [3.63, 3.8) is 0 Å². The topological polar surface area (TPSA) is 49.3 Å². The smallest absolute Gasteiger partial charge is 0.134 e. The summed E-state index contributed by atoms with van der Waals surface area (Å²) in [6.45, 7) is 17.5. The fourth-order valence-corrected chi connectivity index (χ4v) is 5.52. The first-order valence-electron chi connectivity index (χ1n) is 15.7. The number of ether oxygens (including phenoxy) is 2. The van der Waals surface area contributed by atoms with E-state index >= 15 is 0 Å². The van der Waals surface area contributed by atoms with Crippen molar-refractivity contribution in [1.29, 1.82) is 0 Å². The summed E-state index contributed by atoms with van der Waals surface area (Å²) >= 11 is 0. The maximum atomic E-state index is 6.30. The summed E-state index contributed by atoms with van der Waals surface area (Å²) in [5, 5.41) is 3.87. The zero-order valence-electron chi connectivity index (χ0n) is 26.4. The van der Waals surface area contributed by atoms with Crippen LogP contribution in [0.15, 0.2) is 81.9 Å². The normalized spacial score (nSPS) is 20.4. The van der Waals surface area contributed by atoms with Gasteiger partial charge < -0.3 is 24.6 Å². The fraction of sp³-hybridized carbons (Fsp3) is 0.600. The SMILES string of the molecule is C=C1C=C=C(COC)C(OCCCN(C)CCC)=CC1=NC1=C(CNC2CCCN(C(C)C)CCC2)C=CC=CC1. The quantitative estimate of drug-likeness (QED) is 0.197. The van der Waals surface area contributed by atoms with Crippen molar-refractivity contribution in [2.45, 2.75) is 77.8 Å². The molecule has 1 heterocycles. The molecule has 226 valence electrons. The zero-order valence-corrected chi connectivity index (χ0v) is 26.4. The first-order valence-corrected chi connectivity index (χ1v) is 15.7. The molecule has 0 aromatic heterocycles. The Morgan fingerprint density at radius 3 is 2.68 bits per heavy atom. The van der Waals surface area contributed by atoms with Crippen molar-refractivity contribution in [3.05, 3.63) is 76.9 Å². The number of nitrogens with zero attached hydrogens (tertiary/aromatic N) is 3. The molecule has 0 bridgehead atoms. The highest BCUT2D eigenvalue weighted by Crippen LogP contribution is 2.23. The molecule has 0 radical (unpaired) electrons. The van der Waals surface area contributed by atoms with Crippen LogP contribution in [0.2, 0.25) is 0 Å². The molecule has 6 nitrogen and oxygen atoms in total. The summed E-state index contributed by atoms with van der Waals surface area (Å²) in [7, 11) is 3.86. The van der Waals surface area contributed by atoms with Crippen molar-refractivity contribution >= 4 is 5.71 Å². The molecule has 0 spiro atoms. The number of hydrogen-bond acceptors (Lipinski definition) is 6. The summed E-state index contributed by atoms with van der Waals surface area (Å²) in [5.74, 6) is 0.767. The van der Waals surface area contributed by atoms with E-state index in [1.54, 1.807) is 7.11 Å². The van der Waals surface area contributed by atoms with E-state index in [4.69, 9.17) is 14.5 Å². The van der Waals surface area contributed by atoms with E-state index in [9.17, 15) is 0 Å². The standard InChI is InChI=1S/C35H54N4O2/c1-7-20-38(5)21-13-24-41-35-25-34(29(4)18-19-31(35)27-40-6)37-33-17-10-8-9-14-30(33)26-36-32-15-11-22-39(28(2)3)23-12-16-32/h8-10,14,18,25,28,32,36H,4,7,11-13,15-17,20-24,26-27H2,1-3,5-6H3. The zero-order chi connectivity index (χ0) is 29.5. The predicted molar refractivity (Wildman–Crippen MR) is 173 cm³/mol. The van der Waals surface area contributed by atoms with Crippen molar-refractivity contribution < 1.29 is 9.47 Å². The minimum Gasteiger partial charge on any atom is -0.492 e. The molecule has 6 heteroatoms. The molecule has 1 N–H and O–H groups in total. The Kier molecular flexibility index (Phi) is 14.6. The number of nitrogens with one attached hydrogen (secondary N) is 1. The van der Waals surface area contributed by atoms with Crippen LogP contribution < -0.4 is 5.32 Å². The van der Waals surface area contributed by atoms with Crippen LogP contribution in [0.3, 0.4) is 0 Å². The molecule has 1 fully saturated rings. The van der Waals surface area contributed by atoms with Gasteiger partial charge in [-0.15, -0.1) is 5.73 Å². The highest BCUT2D eigenvalue weighted by molar-refractivity contribution is 6.11. The van der Waals surface area contributed by atoms with Gasteiger partial charge in [0.05, 0.1) is 24.5 Å². The second-order valence-electron chi connectivity index (χ2n) is 11.7. The van der Waals surface area contributed by atoms with Crippen LogP contribution in [0.1, 0.15) is 65.7 Å². The van der Waals surface area contributed by atoms with Crippen molar-refractivity contribution in [1.82, 2.24) is 15.1 Å². The van der Waals surface area contributed by atoms with Gasteiger partial charge in [-0.05, 0) is 90.7 Å². The molecular weight excluding hydrogens is 508 g/mol. The van der Waals surface area contributed by atoms with Crippen molar-refractivity contribution in [3.8, 4) is 0 Å². The molecule has 3 aliphatic rings. The van der Waals surface area contributed by atoms with Gasteiger partial charge in [-0.3, -0.25) is 4.99 Å². The van der Waals surface area contributed by atoms with E-state index in [1.807, 2.05) is 12.2 Å². The van der Waals surface area contributed by atoms with Gasteiger partial charge in [-0.25, -0.2) is 0 Å². The van der Waals surface area contributed by atoms with E-state index in [0.29, 0.717) is 25.3 Å². The maximum absolute atomic E-state index is 6.30. The largest absolute Gasteiger partial charge is 0.492 e. The summed E-state index contributed by atoms with van der Waals surface area (Å²) < 4.78 is 11.8. The van der Waals surface area contributed by atoms with E-state index < -0.39 is 0 Å². The second kappa shape index (κ2) is 18.1. The Balaban J connectivity index is 1.75. The number of methoxy groups -OCH3 is 1. The van der Waals surface area contributed by atoms with Crippen LogP contribution in [-0.2, 0) is 9.47 Å². The lowest BCUT2D eigenvalue weighted by Crippen LogP contribution is -2.38. The van der Waals surface area contributed by atoms with E-state index in [2.05, 4.69) is 79.5 Å². The summed E-state index contributed by atoms with van der Waals surface area (Å²) in [6.07, 6.45) is 20.4. The van der Waals surface area contributed by atoms with Crippen LogP contribution in [0, 0.1) is 0 Å². The van der Waals surface area contributed by atoms with E-state index in [-0.39, 0.29) is 0 Å². The Hall–Kier alpha value is -2.47. The third kappa shape index (κ3) is 11.4. The van der Waals surface area contributed by atoms with Crippen LogP contribution in [-0.4, -0.2) is 87.7 Å². The lowest BCUT2D eigenvalue weighted by molar-refractivity contribution is 0.178. The second-order valence-corrected chi connectivity index (χ2v) is 11.7. The van der Waals surface area contributed by atoms with Gasteiger partial charge in [0.1, 0.15) is 5.76 Å². The molecule has 3 rings (SSSR count). The van der Waals surface area contributed by atoms with Gasteiger partial charge in [0.2, 0.25) is 0 Å². The average Bonchev–Trinajstić information content (AvgIpc) is 3.23. The molecule has 0 atom stereocenters. The van der Waals surface area contributed by atoms with Crippen LogP contribution >= 0.6 is 0 Å². The third-order valence-corrected chi connectivity index (χ3v) is 7.94. The maximum Gasteiger partial charge on any atom is 0.134 e. The van der Waals surface area contributed by atoms with Gasteiger partial charge in [0.15, 0.2) is 0 Å². The molecule has 0 saturated carbocycles. The van der Waals surface area contributed by atoms with E-state index in [1.165, 1.54) is 44.3 Å². The molecular formula is C35H54N4O2. The molecule has 2 aliphatic carbocycles. The molecule has 41 heavy (non-hydrogen) atoms. The van der Waals surface area contributed by atoms with Gasteiger partial charge >= 0.3 is 0 Å². The Morgan fingerprint density at radius 1 is 1.20 bits per heavy atom. The molecule has 0 amide bonds. The highest BCUT2D eigenvalue weighted by Gasteiger charge is 2.18. The summed E-state index contributed by atoms with van der Waals surface area (Å²) in [6, 6.07) is 1.18. The lowest BCUT2D eigenvalue weighted by atomic mass is 10.0. The van der Waals surface area contributed by atoms with Gasteiger partial charge in [-0.2, -0.15) is 0 Å². The first-order chi connectivity index (χ1) is 19.9. The van der Waals surface area contributed by atoms with Crippen LogP contribution in [0.4, 0.5) is 0 Å². The van der Waals surface area contributed by atoms with Gasteiger partial charge in [0.25, 0.3) is 0 Å². The number of hydrogen-bond donors (Lipinski definition) is 1. The Morgan fingerprint density at radius 2 is 1.98 bits per heavy atom. The molecule has 1 aliphatic heterocycles. The number of aliphatic imine (C=N–C) groups is 1. The lowest BCUT2D eigenvalue weighted by Gasteiger charge is -2.31. The third-order valence-electron chi connectivity index (χ3n) is 7.94.